The minimum atomic E-state index is -0.327. The number of primary amides is 1. The van der Waals surface area contributed by atoms with Crippen molar-refractivity contribution in [3.63, 3.8) is 0 Å². The van der Waals surface area contributed by atoms with Crippen molar-refractivity contribution in [2.75, 3.05) is 19.0 Å². The molecule has 0 spiro atoms. The largest absolute Gasteiger partial charge is 0.369 e. The summed E-state index contributed by atoms with van der Waals surface area (Å²) in [6.45, 7) is 1.12. The zero-order valence-corrected chi connectivity index (χ0v) is 8.09. The fourth-order valence-electron chi connectivity index (χ4n) is 1.52. The number of carbonyl (C=O) groups is 2. The second kappa shape index (κ2) is 4.46. The van der Waals surface area contributed by atoms with E-state index in [-0.39, 0.29) is 23.6 Å². The van der Waals surface area contributed by atoms with Crippen LogP contribution in [0.25, 0.3) is 0 Å². The third-order valence-corrected chi connectivity index (χ3v) is 2.52. The van der Waals surface area contributed by atoms with E-state index in [1.165, 1.54) is 0 Å². The molecule has 1 fully saturated rings. The first-order valence-corrected chi connectivity index (χ1v) is 4.81. The van der Waals surface area contributed by atoms with Crippen LogP contribution >= 0.6 is 11.6 Å². The van der Waals surface area contributed by atoms with Crippen LogP contribution in [0.3, 0.4) is 0 Å². The summed E-state index contributed by atoms with van der Waals surface area (Å²) >= 11 is 5.41. The highest BCUT2D eigenvalue weighted by atomic mass is 35.5. The Bertz CT molecular complexity index is 220. The molecule has 0 radical (unpaired) electrons. The van der Waals surface area contributed by atoms with E-state index in [1.54, 1.807) is 4.90 Å². The minimum Gasteiger partial charge on any atom is -0.369 e. The normalized spacial score (nSPS) is 22.8. The van der Waals surface area contributed by atoms with Crippen molar-refractivity contribution in [3.05, 3.63) is 0 Å². The van der Waals surface area contributed by atoms with Crippen LogP contribution in [0.4, 0.5) is 0 Å². The van der Waals surface area contributed by atoms with E-state index < -0.39 is 0 Å². The smallest absolute Gasteiger partial charge is 0.237 e. The van der Waals surface area contributed by atoms with E-state index in [4.69, 9.17) is 17.3 Å². The summed E-state index contributed by atoms with van der Waals surface area (Å²) < 4.78 is 0. The van der Waals surface area contributed by atoms with E-state index in [9.17, 15) is 9.59 Å². The van der Waals surface area contributed by atoms with Crippen LogP contribution in [0, 0.1) is 5.92 Å². The fraction of sp³-hybridized carbons (Fsp3) is 0.750. The molecular weight excluding hydrogens is 192 g/mol. The molecule has 1 heterocycles. The van der Waals surface area contributed by atoms with E-state index >= 15 is 0 Å². The highest BCUT2D eigenvalue weighted by Crippen LogP contribution is 2.16. The number of hydrogen-bond donors (Lipinski definition) is 1. The Hall–Kier alpha value is -0.770. The molecule has 0 aromatic rings. The molecule has 0 aromatic heterocycles. The lowest BCUT2D eigenvalue weighted by molar-refractivity contribution is -0.132. The van der Waals surface area contributed by atoms with Gasteiger partial charge in [-0.2, -0.15) is 0 Å². The zero-order chi connectivity index (χ0) is 9.84. The maximum absolute atomic E-state index is 11.2. The van der Waals surface area contributed by atoms with Crippen molar-refractivity contribution in [2.24, 2.45) is 11.7 Å². The Kier molecular flexibility index (Phi) is 3.54. The highest BCUT2D eigenvalue weighted by molar-refractivity contribution is 6.27. The van der Waals surface area contributed by atoms with Crippen molar-refractivity contribution >= 4 is 23.4 Å². The molecule has 0 unspecified atom stereocenters. The topological polar surface area (TPSA) is 63.4 Å². The first-order valence-electron chi connectivity index (χ1n) is 4.28. The number of halogens is 1. The SMILES string of the molecule is NC(=O)[C@H]1CCCN(C(=O)CCl)C1. The van der Waals surface area contributed by atoms with Crippen LogP contribution in [-0.2, 0) is 9.59 Å². The second-order valence-electron chi connectivity index (χ2n) is 3.21. The van der Waals surface area contributed by atoms with Crippen LogP contribution in [0.1, 0.15) is 12.8 Å². The summed E-state index contributed by atoms with van der Waals surface area (Å²) in [6.07, 6.45) is 1.61. The maximum Gasteiger partial charge on any atom is 0.237 e. The van der Waals surface area contributed by atoms with Gasteiger partial charge in [-0.1, -0.05) is 0 Å². The van der Waals surface area contributed by atoms with Crippen molar-refractivity contribution in [1.82, 2.24) is 4.90 Å². The molecule has 1 aliphatic heterocycles. The molecule has 1 aliphatic rings. The van der Waals surface area contributed by atoms with Gasteiger partial charge >= 0.3 is 0 Å². The lowest BCUT2D eigenvalue weighted by Crippen LogP contribution is -2.44. The van der Waals surface area contributed by atoms with Crippen LogP contribution < -0.4 is 5.73 Å². The summed E-state index contributed by atoms with van der Waals surface area (Å²) in [6, 6.07) is 0. The molecule has 1 rings (SSSR count). The lowest BCUT2D eigenvalue weighted by atomic mass is 9.97. The molecule has 74 valence electrons. The summed E-state index contributed by atoms with van der Waals surface area (Å²) in [5.41, 5.74) is 5.16. The van der Waals surface area contributed by atoms with Crippen molar-refractivity contribution in [3.8, 4) is 0 Å². The fourth-order valence-corrected chi connectivity index (χ4v) is 1.69. The van der Waals surface area contributed by atoms with Gasteiger partial charge in [0.1, 0.15) is 5.88 Å². The number of likely N-dealkylation sites (tertiary alicyclic amines) is 1. The van der Waals surface area contributed by atoms with Crippen LogP contribution in [-0.4, -0.2) is 35.7 Å². The molecule has 0 aromatic carbocycles. The molecule has 2 amide bonds. The third kappa shape index (κ3) is 2.59. The Morgan fingerprint density at radius 3 is 2.77 bits per heavy atom. The van der Waals surface area contributed by atoms with Gasteiger partial charge < -0.3 is 10.6 Å². The number of rotatable bonds is 2. The first kappa shape index (κ1) is 10.3. The molecule has 1 atom stereocenters. The molecule has 0 bridgehead atoms. The van der Waals surface area contributed by atoms with Crippen molar-refractivity contribution in [1.29, 1.82) is 0 Å². The monoisotopic (exact) mass is 204 g/mol. The summed E-state index contributed by atoms with van der Waals surface area (Å²) in [5.74, 6) is -0.661. The van der Waals surface area contributed by atoms with Crippen LogP contribution in [0.15, 0.2) is 0 Å². The predicted octanol–water partition coefficient (Wildman–Crippen LogP) is -0.0509. The summed E-state index contributed by atoms with van der Waals surface area (Å²) in [5, 5.41) is 0. The third-order valence-electron chi connectivity index (χ3n) is 2.29. The predicted molar refractivity (Wildman–Crippen MR) is 49.2 cm³/mol. The van der Waals surface area contributed by atoms with Gasteiger partial charge in [0.25, 0.3) is 0 Å². The Morgan fingerprint density at radius 2 is 2.23 bits per heavy atom. The average molecular weight is 205 g/mol. The van der Waals surface area contributed by atoms with E-state index in [0.29, 0.717) is 13.1 Å². The van der Waals surface area contributed by atoms with Gasteiger partial charge in [-0.25, -0.2) is 0 Å². The van der Waals surface area contributed by atoms with E-state index in [0.717, 1.165) is 12.8 Å². The van der Waals surface area contributed by atoms with Gasteiger partial charge in [0.2, 0.25) is 11.8 Å². The number of nitrogens with two attached hydrogens (primary N) is 1. The number of carbonyl (C=O) groups excluding carboxylic acids is 2. The Morgan fingerprint density at radius 1 is 1.54 bits per heavy atom. The van der Waals surface area contributed by atoms with Crippen LogP contribution in [0.5, 0.6) is 0 Å². The quantitative estimate of drug-likeness (QED) is 0.641. The lowest BCUT2D eigenvalue weighted by Gasteiger charge is -2.30. The molecule has 13 heavy (non-hydrogen) atoms. The number of nitrogens with zero attached hydrogens (tertiary/aromatic N) is 1. The van der Waals surface area contributed by atoms with Gasteiger partial charge in [-0.3, -0.25) is 9.59 Å². The van der Waals surface area contributed by atoms with Gasteiger partial charge in [-0.05, 0) is 12.8 Å². The first-order chi connectivity index (χ1) is 6.15. The molecule has 5 heteroatoms. The van der Waals surface area contributed by atoms with Crippen molar-refractivity contribution < 1.29 is 9.59 Å². The Labute approximate surface area is 82.0 Å². The van der Waals surface area contributed by atoms with E-state index in [2.05, 4.69) is 0 Å². The summed E-state index contributed by atoms with van der Waals surface area (Å²) in [7, 11) is 0. The molecule has 4 nitrogen and oxygen atoms in total. The van der Waals surface area contributed by atoms with Gasteiger partial charge in [-0.15, -0.1) is 11.6 Å². The number of piperidine rings is 1. The second-order valence-corrected chi connectivity index (χ2v) is 3.48. The van der Waals surface area contributed by atoms with Gasteiger partial charge in [0.15, 0.2) is 0 Å². The minimum absolute atomic E-state index is 0.0223. The van der Waals surface area contributed by atoms with Crippen LogP contribution in [0.2, 0.25) is 0 Å². The molecular formula is C8H13ClN2O2. The molecule has 2 N–H and O–H groups in total. The average Bonchev–Trinajstić information content (AvgIpc) is 2.17. The zero-order valence-electron chi connectivity index (χ0n) is 7.33. The van der Waals surface area contributed by atoms with E-state index in [1.807, 2.05) is 0 Å². The van der Waals surface area contributed by atoms with Gasteiger partial charge in [0.05, 0.1) is 5.92 Å². The van der Waals surface area contributed by atoms with Crippen molar-refractivity contribution in [2.45, 2.75) is 12.8 Å². The summed E-state index contributed by atoms with van der Waals surface area (Å²) in [4.78, 5) is 23.6. The molecule has 0 saturated carbocycles. The van der Waals surface area contributed by atoms with Gasteiger partial charge in [0, 0.05) is 13.1 Å². The number of hydrogen-bond acceptors (Lipinski definition) is 2. The molecule has 1 saturated heterocycles. The maximum atomic E-state index is 11.2. The Balaban J connectivity index is 2.51. The standard InChI is InChI=1S/C8H13ClN2O2/c9-4-7(12)11-3-1-2-6(5-11)8(10)13/h6H,1-5H2,(H2,10,13)/t6-/m0/s1. The highest BCUT2D eigenvalue weighted by Gasteiger charge is 2.26. The number of amides is 2. The number of alkyl halides is 1. The molecule has 0 aliphatic carbocycles.